The molecule has 1 amide bonds. The van der Waals surface area contributed by atoms with Crippen molar-refractivity contribution in [2.24, 2.45) is 10.9 Å². The quantitative estimate of drug-likeness (QED) is 0.781. The maximum absolute atomic E-state index is 11.6. The van der Waals surface area contributed by atoms with Crippen LogP contribution in [-0.4, -0.2) is 36.0 Å². The monoisotopic (exact) mass is 243 g/mol. The molecule has 0 radical (unpaired) electrons. The molecule has 0 aromatic carbocycles. The number of amidine groups is 1. The van der Waals surface area contributed by atoms with Gasteiger partial charge in [0.1, 0.15) is 6.04 Å². The minimum absolute atomic E-state index is 0.0452. The van der Waals surface area contributed by atoms with E-state index in [-0.39, 0.29) is 11.9 Å². The Hall–Kier alpha value is -0.710. The minimum Gasteiger partial charge on any atom is -0.354 e. The van der Waals surface area contributed by atoms with Crippen LogP contribution in [0.1, 0.15) is 27.2 Å². The second-order valence-electron chi connectivity index (χ2n) is 4.22. The van der Waals surface area contributed by atoms with Gasteiger partial charge in [-0.15, -0.1) is 0 Å². The van der Waals surface area contributed by atoms with Crippen LogP contribution in [0.5, 0.6) is 0 Å². The summed E-state index contributed by atoms with van der Waals surface area (Å²) in [6, 6.07) is -0.203. The van der Waals surface area contributed by atoms with Crippen molar-refractivity contribution in [2.75, 3.05) is 18.8 Å². The lowest BCUT2D eigenvalue weighted by Crippen LogP contribution is -2.45. The molecule has 1 rings (SSSR count). The molecule has 0 aliphatic carbocycles. The molecular weight excluding hydrogens is 222 g/mol. The first-order valence-corrected chi connectivity index (χ1v) is 6.83. The Morgan fingerprint density at radius 1 is 1.69 bits per heavy atom. The molecule has 0 saturated carbocycles. The van der Waals surface area contributed by atoms with E-state index < -0.39 is 0 Å². The van der Waals surface area contributed by atoms with Crippen molar-refractivity contribution >= 4 is 22.8 Å². The summed E-state index contributed by atoms with van der Waals surface area (Å²) < 4.78 is 0. The lowest BCUT2D eigenvalue weighted by Gasteiger charge is -2.21. The highest BCUT2D eigenvalue weighted by atomic mass is 32.2. The van der Waals surface area contributed by atoms with Crippen LogP contribution >= 0.6 is 11.8 Å². The predicted octanol–water partition coefficient (Wildman–Crippen LogP) is 1.23. The van der Waals surface area contributed by atoms with Gasteiger partial charge in [0, 0.05) is 18.8 Å². The Labute approximate surface area is 102 Å². The Balaban J connectivity index is 2.33. The number of carbonyl (C=O) groups excluding carboxylic acids is 1. The first-order chi connectivity index (χ1) is 7.63. The van der Waals surface area contributed by atoms with E-state index in [9.17, 15) is 4.79 Å². The molecular formula is C11H21N3OS. The molecule has 1 heterocycles. The second-order valence-corrected chi connectivity index (χ2v) is 5.23. The summed E-state index contributed by atoms with van der Waals surface area (Å²) in [6.45, 7) is 7.69. The van der Waals surface area contributed by atoms with E-state index in [2.05, 4.69) is 22.5 Å². The van der Waals surface area contributed by atoms with Crippen molar-refractivity contribution in [1.29, 1.82) is 0 Å². The van der Waals surface area contributed by atoms with E-state index in [0.29, 0.717) is 5.92 Å². The van der Waals surface area contributed by atoms with Gasteiger partial charge in [0.25, 0.3) is 0 Å². The van der Waals surface area contributed by atoms with E-state index in [1.165, 1.54) is 0 Å². The molecule has 5 heteroatoms. The zero-order valence-corrected chi connectivity index (χ0v) is 11.1. The first kappa shape index (κ1) is 13.4. The Morgan fingerprint density at radius 2 is 2.44 bits per heavy atom. The van der Waals surface area contributed by atoms with Crippen LogP contribution in [0.15, 0.2) is 4.99 Å². The van der Waals surface area contributed by atoms with Gasteiger partial charge in [-0.1, -0.05) is 25.6 Å². The minimum atomic E-state index is -0.203. The largest absolute Gasteiger partial charge is 0.354 e. The van der Waals surface area contributed by atoms with Crippen LogP contribution in [0, 0.1) is 5.92 Å². The van der Waals surface area contributed by atoms with Gasteiger partial charge in [-0.05, 0) is 19.3 Å². The van der Waals surface area contributed by atoms with Crippen LogP contribution < -0.4 is 10.6 Å². The summed E-state index contributed by atoms with van der Waals surface area (Å²) in [5, 5.41) is 6.91. The van der Waals surface area contributed by atoms with Crippen molar-refractivity contribution < 1.29 is 4.79 Å². The topological polar surface area (TPSA) is 53.5 Å². The third kappa shape index (κ3) is 4.43. The number of nitrogens with one attached hydrogen (secondary N) is 2. The van der Waals surface area contributed by atoms with Crippen LogP contribution in [0.2, 0.25) is 0 Å². The van der Waals surface area contributed by atoms with Crippen molar-refractivity contribution in [3.05, 3.63) is 0 Å². The van der Waals surface area contributed by atoms with Crippen LogP contribution in [0.3, 0.4) is 0 Å². The summed E-state index contributed by atoms with van der Waals surface area (Å²) in [7, 11) is 0. The molecule has 0 aromatic heterocycles. The van der Waals surface area contributed by atoms with Crippen LogP contribution in [-0.2, 0) is 4.79 Å². The third-order valence-electron chi connectivity index (χ3n) is 2.33. The number of hydrogen-bond donors (Lipinski definition) is 2. The van der Waals surface area contributed by atoms with Gasteiger partial charge in [0.2, 0.25) is 5.91 Å². The first-order valence-electron chi connectivity index (χ1n) is 5.85. The van der Waals surface area contributed by atoms with Crippen LogP contribution in [0.25, 0.3) is 0 Å². The molecule has 2 atom stereocenters. The fourth-order valence-corrected chi connectivity index (χ4v) is 2.27. The molecule has 92 valence electrons. The van der Waals surface area contributed by atoms with E-state index in [1.54, 1.807) is 11.8 Å². The Kier molecular flexibility index (Phi) is 5.66. The normalized spacial score (nSPS) is 22.2. The summed E-state index contributed by atoms with van der Waals surface area (Å²) >= 11 is 1.70. The fraction of sp³-hybridized carbons (Fsp3) is 0.818. The lowest BCUT2D eigenvalue weighted by molar-refractivity contribution is -0.122. The molecule has 0 bridgehead atoms. The number of thioether (sulfide) groups is 1. The molecule has 0 spiro atoms. The molecule has 1 aliphatic rings. The molecule has 1 aliphatic heterocycles. The average Bonchev–Trinajstić information content (AvgIpc) is 2.29. The summed E-state index contributed by atoms with van der Waals surface area (Å²) in [4.78, 5) is 16.0. The van der Waals surface area contributed by atoms with Crippen molar-refractivity contribution in [3.8, 4) is 0 Å². The third-order valence-corrected chi connectivity index (χ3v) is 3.59. The zero-order valence-electron chi connectivity index (χ0n) is 10.2. The van der Waals surface area contributed by atoms with Crippen molar-refractivity contribution in [1.82, 2.24) is 10.6 Å². The van der Waals surface area contributed by atoms with Gasteiger partial charge in [-0.25, -0.2) is 0 Å². The number of aliphatic imine (C=N–C) groups is 1. The smallest absolute Gasteiger partial charge is 0.242 e. The SMILES string of the molecule is CCCNC(=O)C(C)NC1=NCC(C)CS1. The maximum Gasteiger partial charge on any atom is 0.242 e. The van der Waals surface area contributed by atoms with Crippen molar-refractivity contribution in [2.45, 2.75) is 33.2 Å². The van der Waals surface area contributed by atoms with E-state index in [1.807, 2.05) is 13.8 Å². The molecule has 0 fully saturated rings. The molecule has 2 unspecified atom stereocenters. The molecule has 0 saturated heterocycles. The van der Waals surface area contributed by atoms with Crippen LogP contribution in [0.4, 0.5) is 0 Å². The lowest BCUT2D eigenvalue weighted by atomic mass is 10.2. The highest BCUT2D eigenvalue weighted by molar-refractivity contribution is 8.13. The summed E-state index contributed by atoms with van der Waals surface area (Å²) in [5.41, 5.74) is 0. The van der Waals surface area contributed by atoms with Gasteiger partial charge in [-0.3, -0.25) is 9.79 Å². The molecule has 2 N–H and O–H groups in total. The number of rotatable bonds is 4. The standard InChI is InChI=1S/C11H21N3OS/c1-4-5-12-10(15)9(3)14-11-13-6-8(2)7-16-11/h8-9H,4-7H2,1-3H3,(H,12,15)(H,13,14). The second kappa shape index (κ2) is 6.78. The zero-order chi connectivity index (χ0) is 12.0. The van der Waals surface area contributed by atoms with Crippen molar-refractivity contribution in [3.63, 3.8) is 0 Å². The van der Waals surface area contributed by atoms with Gasteiger partial charge in [-0.2, -0.15) is 0 Å². The number of nitrogens with zero attached hydrogens (tertiary/aromatic N) is 1. The molecule has 4 nitrogen and oxygen atoms in total. The van der Waals surface area contributed by atoms with E-state index >= 15 is 0 Å². The molecule has 0 aromatic rings. The Bertz CT molecular complexity index is 268. The highest BCUT2D eigenvalue weighted by Gasteiger charge is 2.17. The van der Waals surface area contributed by atoms with Gasteiger partial charge in [0.15, 0.2) is 5.17 Å². The van der Waals surface area contributed by atoms with Gasteiger partial charge in [0.05, 0.1) is 0 Å². The molecule has 16 heavy (non-hydrogen) atoms. The van der Waals surface area contributed by atoms with Gasteiger partial charge >= 0.3 is 0 Å². The number of hydrogen-bond acceptors (Lipinski definition) is 4. The Morgan fingerprint density at radius 3 is 3.00 bits per heavy atom. The van der Waals surface area contributed by atoms with E-state index in [0.717, 1.165) is 30.4 Å². The van der Waals surface area contributed by atoms with E-state index in [4.69, 9.17) is 0 Å². The number of amides is 1. The fourth-order valence-electron chi connectivity index (χ4n) is 1.30. The summed E-state index contributed by atoms with van der Waals surface area (Å²) in [5.74, 6) is 1.76. The van der Waals surface area contributed by atoms with Gasteiger partial charge < -0.3 is 10.6 Å². The predicted molar refractivity (Wildman–Crippen MR) is 69.8 cm³/mol. The number of carbonyl (C=O) groups is 1. The highest BCUT2D eigenvalue weighted by Crippen LogP contribution is 2.15. The summed E-state index contributed by atoms with van der Waals surface area (Å²) in [6.07, 6.45) is 0.964. The maximum atomic E-state index is 11.6. The average molecular weight is 243 g/mol.